The number of hydrogen-bond acceptors (Lipinski definition) is 4. The monoisotopic (exact) mass is 272 g/mol. The van der Waals surface area contributed by atoms with E-state index < -0.39 is 0 Å². The number of nitrogens with zero attached hydrogens (tertiary/aromatic N) is 3. The van der Waals surface area contributed by atoms with Crippen LogP contribution in [0.25, 0.3) is 0 Å². The van der Waals surface area contributed by atoms with E-state index in [0.29, 0.717) is 0 Å². The molecule has 1 aromatic carbocycles. The van der Waals surface area contributed by atoms with Crippen molar-refractivity contribution in [2.75, 3.05) is 40.8 Å². The Hall–Kier alpha value is -1.55. The highest BCUT2D eigenvalue weighted by atomic mass is 15.3. The Kier molecular flexibility index (Phi) is 3.42. The van der Waals surface area contributed by atoms with Crippen LogP contribution in [0.15, 0.2) is 29.3 Å². The molecule has 1 aliphatic heterocycles. The number of aliphatic imine (C=N–C) groups is 1. The number of guanidine groups is 1. The van der Waals surface area contributed by atoms with Gasteiger partial charge in [-0.3, -0.25) is 4.99 Å². The van der Waals surface area contributed by atoms with Gasteiger partial charge in [-0.05, 0) is 38.1 Å². The standard InChI is InChI=1S/C16H24N4/c1-19(2)16(12-18-15-17-8-9-20(15)3)10-13-6-4-5-7-14(13)11-16/h4-7H,8-12H2,1-3H3,(H,17,18). The normalized spacial score (nSPS) is 20.2. The van der Waals surface area contributed by atoms with E-state index in [1.54, 1.807) is 0 Å². The van der Waals surface area contributed by atoms with E-state index >= 15 is 0 Å². The van der Waals surface area contributed by atoms with E-state index in [-0.39, 0.29) is 5.54 Å². The summed E-state index contributed by atoms with van der Waals surface area (Å²) in [4.78, 5) is 9.10. The van der Waals surface area contributed by atoms with Gasteiger partial charge in [0.15, 0.2) is 5.96 Å². The summed E-state index contributed by atoms with van der Waals surface area (Å²) in [7, 11) is 6.48. The van der Waals surface area contributed by atoms with Crippen LogP contribution >= 0.6 is 0 Å². The zero-order valence-corrected chi connectivity index (χ0v) is 12.7. The average Bonchev–Trinajstić information content (AvgIpc) is 3.00. The van der Waals surface area contributed by atoms with Crippen molar-refractivity contribution in [3.63, 3.8) is 0 Å². The summed E-state index contributed by atoms with van der Waals surface area (Å²) in [6.45, 7) is 2.88. The fourth-order valence-electron chi connectivity index (χ4n) is 3.24. The molecule has 1 aliphatic carbocycles. The van der Waals surface area contributed by atoms with Crippen LogP contribution in [-0.2, 0) is 12.8 Å². The van der Waals surface area contributed by atoms with Gasteiger partial charge in [0.1, 0.15) is 0 Å². The Morgan fingerprint density at radius 2 is 1.90 bits per heavy atom. The molecule has 3 rings (SSSR count). The summed E-state index contributed by atoms with van der Waals surface area (Å²) < 4.78 is 0. The summed E-state index contributed by atoms with van der Waals surface area (Å²) in [6, 6.07) is 8.82. The molecule has 1 heterocycles. The predicted molar refractivity (Wildman–Crippen MR) is 83.2 cm³/mol. The molecule has 20 heavy (non-hydrogen) atoms. The van der Waals surface area contributed by atoms with E-state index in [9.17, 15) is 0 Å². The molecule has 0 bridgehead atoms. The zero-order valence-electron chi connectivity index (χ0n) is 12.7. The van der Waals surface area contributed by atoms with E-state index in [0.717, 1.165) is 38.4 Å². The first-order valence-corrected chi connectivity index (χ1v) is 7.34. The minimum atomic E-state index is 0.162. The number of fused-ring (bicyclic) bond motifs is 1. The first kappa shape index (κ1) is 13.4. The minimum absolute atomic E-state index is 0.162. The molecule has 2 aliphatic rings. The van der Waals surface area contributed by atoms with E-state index in [1.807, 2.05) is 0 Å². The third-order valence-electron chi connectivity index (χ3n) is 4.74. The van der Waals surface area contributed by atoms with Crippen LogP contribution in [0.5, 0.6) is 0 Å². The molecular weight excluding hydrogens is 248 g/mol. The second-order valence-corrected chi connectivity index (χ2v) is 6.22. The molecule has 0 fully saturated rings. The van der Waals surface area contributed by atoms with E-state index in [2.05, 4.69) is 65.5 Å². The molecule has 0 atom stereocenters. The van der Waals surface area contributed by atoms with Crippen molar-refractivity contribution in [1.82, 2.24) is 15.1 Å². The van der Waals surface area contributed by atoms with E-state index in [1.165, 1.54) is 11.1 Å². The highest BCUT2D eigenvalue weighted by Crippen LogP contribution is 2.33. The second-order valence-electron chi connectivity index (χ2n) is 6.22. The topological polar surface area (TPSA) is 30.9 Å². The zero-order chi connectivity index (χ0) is 14.2. The van der Waals surface area contributed by atoms with Crippen molar-refractivity contribution in [2.24, 2.45) is 4.99 Å². The maximum Gasteiger partial charge on any atom is 0.193 e. The van der Waals surface area contributed by atoms with Crippen LogP contribution in [0, 0.1) is 0 Å². The maximum atomic E-state index is 4.53. The molecule has 1 aromatic rings. The van der Waals surface area contributed by atoms with Crippen molar-refractivity contribution in [3.8, 4) is 0 Å². The van der Waals surface area contributed by atoms with Gasteiger partial charge in [-0.15, -0.1) is 0 Å². The Morgan fingerprint density at radius 1 is 1.25 bits per heavy atom. The lowest BCUT2D eigenvalue weighted by Crippen LogP contribution is -2.54. The van der Waals surface area contributed by atoms with Crippen molar-refractivity contribution < 1.29 is 0 Å². The Bertz CT molecular complexity index is 496. The van der Waals surface area contributed by atoms with Crippen LogP contribution < -0.4 is 5.32 Å². The predicted octanol–water partition coefficient (Wildman–Crippen LogP) is 0.977. The van der Waals surface area contributed by atoms with Gasteiger partial charge in [0.2, 0.25) is 0 Å². The summed E-state index contributed by atoms with van der Waals surface area (Å²) in [5.41, 5.74) is 3.14. The van der Waals surface area contributed by atoms with Crippen molar-refractivity contribution in [2.45, 2.75) is 18.4 Å². The van der Waals surface area contributed by atoms with Gasteiger partial charge < -0.3 is 15.1 Å². The molecule has 0 spiro atoms. The Balaban J connectivity index is 1.74. The minimum Gasteiger partial charge on any atom is -0.354 e. The van der Waals surface area contributed by atoms with Gasteiger partial charge in [-0.25, -0.2) is 0 Å². The van der Waals surface area contributed by atoms with Crippen molar-refractivity contribution >= 4 is 5.96 Å². The van der Waals surface area contributed by atoms with Crippen LogP contribution in [0.4, 0.5) is 0 Å². The molecule has 4 heteroatoms. The fraction of sp³-hybridized carbons (Fsp3) is 0.562. The Labute approximate surface area is 121 Å². The molecule has 0 saturated carbocycles. The average molecular weight is 272 g/mol. The molecule has 0 radical (unpaired) electrons. The highest BCUT2D eigenvalue weighted by molar-refractivity contribution is 5.81. The second kappa shape index (κ2) is 5.09. The maximum absolute atomic E-state index is 4.53. The Morgan fingerprint density at radius 3 is 2.40 bits per heavy atom. The van der Waals surface area contributed by atoms with Gasteiger partial charge in [0, 0.05) is 25.7 Å². The van der Waals surface area contributed by atoms with Gasteiger partial charge in [-0.2, -0.15) is 0 Å². The van der Waals surface area contributed by atoms with Crippen LogP contribution in [-0.4, -0.2) is 62.1 Å². The lowest BCUT2D eigenvalue weighted by Gasteiger charge is -2.37. The molecule has 0 unspecified atom stereocenters. The van der Waals surface area contributed by atoms with Gasteiger partial charge in [-0.1, -0.05) is 24.3 Å². The molecule has 0 saturated heterocycles. The molecular formula is C16H24N4. The van der Waals surface area contributed by atoms with Crippen LogP contribution in [0.2, 0.25) is 0 Å². The lowest BCUT2D eigenvalue weighted by molar-refractivity contribution is 0.164. The molecule has 0 amide bonds. The van der Waals surface area contributed by atoms with Gasteiger partial charge in [0.05, 0.1) is 6.54 Å². The summed E-state index contributed by atoms with van der Waals surface area (Å²) in [6.07, 6.45) is 2.22. The summed E-state index contributed by atoms with van der Waals surface area (Å²) in [5, 5.41) is 3.56. The fourth-order valence-corrected chi connectivity index (χ4v) is 3.24. The van der Waals surface area contributed by atoms with Crippen molar-refractivity contribution in [1.29, 1.82) is 0 Å². The molecule has 4 nitrogen and oxygen atoms in total. The first-order valence-electron chi connectivity index (χ1n) is 7.34. The third kappa shape index (κ3) is 2.29. The summed E-state index contributed by atoms with van der Waals surface area (Å²) >= 11 is 0. The number of hydrogen-bond donors (Lipinski definition) is 1. The lowest BCUT2D eigenvalue weighted by atomic mass is 9.94. The number of nitrogens with one attached hydrogen (secondary N) is 1. The molecule has 0 aromatic heterocycles. The molecule has 108 valence electrons. The van der Waals surface area contributed by atoms with Gasteiger partial charge in [0.25, 0.3) is 0 Å². The van der Waals surface area contributed by atoms with Gasteiger partial charge >= 0.3 is 0 Å². The van der Waals surface area contributed by atoms with Crippen LogP contribution in [0.3, 0.4) is 0 Å². The van der Waals surface area contributed by atoms with E-state index in [4.69, 9.17) is 0 Å². The van der Waals surface area contributed by atoms with Crippen LogP contribution in [0.1, 0.15) is 11.1 Å². The quantitative estimate of drug-likeness (QED) is 0.890. The molecule has 1 N–H and O–H groups in total. The SMILES string of the molecule is CN1CCN=C1NCC1(N(C)C)Cc2ccccc2C1. The first-order chi connectivity index (χ1) is 9.61. The number of likely N-dealkylation sites (N-methyl/N-ethyl adjacent to an activating group) is 2. The highest BCUT2D eigenvalue weighted by Gasteiger charge is 2.39. The largest absolute Gasteiger partial charge is 0.354 e. The number of rotatable bonds is 3. The third-order valence-corrected chi connectivity index (χ3v) is 4.74. The number of benzene rings is 1. The summed E-state index contributed by atoms with van der Waals surface area (Å²) in [5.74, 6) is 1.04. The smallest absolute Gasteiger partial charge is 0.193 e. The van der Waals surface area contributed by atoms with Crippen molar-refractivity contribution in [3.05, 3.63) is 35.4 Å².